The molecule has 1 aliphatic heterocycles. The lowest BCUT2D eigenvalue weighted by Crippen LogP contribution is -2.43. The highest BCUT2D eigenvalue weighted by Crippen LogP contribution is 2.30. The van der Waals surface area contributed by atoms with Crippen molar-refractivity contribution in [2.24, 2.45) is 0 Å². The average molecular weight is 278 g/mol. The standard InChI is InChI=1S/C14H16ClN3O/c1-2-17-9-10(7-8-15)13-16-11-5-3-4-6-12(11)18(13)14(17)19/h3-6,10H,2,7-9H2,1H3. The second-order valence-corrected chi connectivity index (χ2v) is 5.17. The van der Waals surface area contributed by atoms with Crippen molar-refractivity contribution >= 4 is 28.7 Å². The fourth-order valence-electron chi connectivity index (χ4n) is 2.70. The Labute approximate surface area is 117 Å². The molecular formula is C14H16ClN3O. The third-order valence-electron chi connectivity index (χ3n) is 3.69. The van der Waals surface area contributed by atoms with E-state index in [2.05, 4.69) is 4.98 Å². The first kappa shape index (κ1) is 12.5. The van der Waals surface area contributed by atoms with E-state index in [0.717, 1.165) is 23.3 Å². The summed E-state index contributed by atoms with van der Waals surface area (Å²) in [5.41, 5.74) is 1.77. The van der Waals surface area contributed by atoms with Crippen molar-refractivity contribution in [3.8, 4) is 0 Å². The van der Waals surface area contributed by atoms with Gasteiger partial charge in [-0.25, -0.2) is 14.3 Å². The maximum absolute atomic E-state index is 12.5. The average Bonchev–Trinajstić information content (AvgIpc) is 2.82. The molecule has 3 rings (SSSR count). The van der Waals surface area contributed by atoms with E-state index >= 15 is 0 Å². The van der Waals surface area contributed by atoms with Gasteiger partial charge in [0.05, 0.1) is 11.0 Å². The SMILES string of the molecule is CCN1CC(CCCl)c2nc3ccccc3n2C1=O. The third kappa shape index (κ3) is 1.91. The molecule has 100 valence electrons. The molecule has 0 spiro atoms. The van der Waals surface area contributed by atoms with E-state index in [0.29, 0.717) is 19.0 Å². The molecule has 2 aromatic rings. The topological polar surface area (TPSA) is 38.1 Å². The number of hydrogen-bond acceptors (Lipinski definition) is 2. The van der Waals surface area contributed by atoms with Gasteiger partial charge in [-0.15, -0.1) is 11.6 Å². The van der Waals surface area contributed by atoms with Gasteiger partial charge in [0.15, 0.2) is 0 Å². The number of halogens is 1. The summed E-state index contributed by atoms with van der Waals surface area (Å²) < 4.78 is 1.75. The Morgan fingerprint density at radius 1 is 1.42 bits per heavy atom. The van der Waals surface area contributed by atoms with Gasteiger partial charge in [-0.1, -0.05) is 12.1 Å². The van der Waals surface area contributed by atoms with Crippen LogP contribution in [0.1, 0.15) is 25.1 Å². The summed E-state index contributed by atoms with van der Waals surface area (Å²) in [6.07, 6.45) is 0.842. The summed E-state index contributed by atoms with van der Waals surface area (Å²) in [7, 11) is 0. The normalized spacial score (nSPS) is 18.9. The molecule has 0 radical (unpaired) electrons. The Hall–Kier alpha value is -1.55. The highest BCUT2D eigenvalue weighted by atomic mass is 35.5. The second-order valence-electron chi connectivity index (χ2n) is 4.79. The van der Waals surface area contributed by atoms with E-state index in [1.165, 1.54) is 0 Å². The fourth-order valence-corrected chi connectivity index (χ4v) is 2.97. The summed E-state index contributed by atoms with van der Waals surface area (Å²) in [5, 5.41) is 0. The molecule has 0 fully saturated rings. The summed E-state index contributed by atoms with van der Waals surface area (Å²) in [6.45, 7) is 3.43. The highest BCUT2D eigenvalue weighted by Gasteiger charge is 2.32. The maximum Gasteiger partial charge on any atom is 0.330 e. The number of rotatable bonds is 3. The van der Waals surface area contributed by atoms with Gasteiger partial charge in [-0.2, -0.15) is 0 Å². The number of carbonyl (C=O) groups excluding carboxylic acids is 1. The van der Waals surface area contributed by atoms with Crippen LogP contribution in [0.3, 0.4) is 0 Å². The number of amides is 1. The Bertz CT molecular complexity index is 622. The van der Waals surface area contributed by atoms with Gasteiger partial charge >= 0.3 is 6.03 Å². The Kier molecular flexibility index (Phi) is 3.19. The highest BCUT2D eigenvalue weighted by molar-refractivity contribution is 6.17. The molecule has 1 amide bonds. The number of nitrogens with zero attached hydrogens (tertiary/aromatic N) is 3. The Balaban J connectivity index is 2.19. The smallest absolute Gasteiger partial charge is 0.324 e. The van der Waals surface area contributed by atoms with Gasteiger partial charge < -0.3 is 4.90 Å². The van der Waals surface area contributed by atoms with E-state index in [1.54, 1.807) is 4.57 Å². The molecule has 4 nitrogen and oxygen atoms in total. The van der Waals surface area contributed by atoms with Crippen molar-refractivity contribution in [1.82, 2.24) is 14.5 Å². The van der Waals surface area contributed by atoms with E-state index in [-0.39, 0.29) is 11.9 Å². The number of benzene rings is 1. The zero-order valence-electron chi connectivity index (χ0n) is 10.8. The number of imidazole rings is 1. The van der Waals surface area contributed by atoms with Crippen molar-refractivity contribution in [1.29, 1.82) is 0 Å². The molecule has 1 aliphatic rings. The van der Waals surface area contributed by atoms with Crippen LogP contribution < -0.4 is 0 Å². The van der Waals surface area contributed by atoms with Crippen molar-refractivity contribution in [2.75, 3.05) is 19.0 Å². The van der Waals surface area contributed by atoms with E-state index in [4.69, 9.17) is 11.6 Å². The van der Waals surface area contributed by atoms with Gasteiger partial charge in [0, 0.05) is 24.9 Å². The molecule has 0 saturated carbocycles. The van der Waals surface area contributed by atoms with Gasteiger partial charge in [0.2, 0.25) is 0 Å². The van der Waals surface area contributed by atoms with Crippen LogP contribution >= 0.6 is 11.6 Å². The number of likely N-dealkylation sites (N-methyl/N-ethyl adjacent to an activating group) is 1. The van der Waals surface area contributed by atoms with E-state index in [1.807, 2.05) is 36.1 Å². The van der Waals surface area contributed by atoms with E-state index in [9.17, 15) is 4.79 Å². The van der Waals surface area contributed by atoms with E-state index < -0.39 is 0 Å². The fraction of sp³-hybridized carbons (Fsp3) is 0.429. The minimum absolute atomic E-state index is 0.0250. The molecule has 2 heterocycles. The van der Waals surface area contributed by atoms with Gasteiger partial charge in [-0.3, -0.25) is 0 Å². The quantitative estimate of drug-likeness (QED) is 0.809. The lowest BCUT2D eigenvalue weighted by atomic mass is 10.0. The lowest BCUT2D eigenvalue weighted by Gasteiger charge is -2.32. The predicted octanol–water partition coefficient (Wildman–Crippen LogP) is 3.05. The van der Waals surface area contributed by atoms with Gasteiger partial charge in [0.1, 0.15) is 5.82 Å². The van der Waals surface area contributed by atoms with Crippen LogP contribution in [-0.4, -0.2) is 39.5 Å². The zero-order valence-corrected chi connectivity index (χ0v) is 11.6. The minimum atomic E-state index is 0.0250. The molecule has 19 heavy (non-hydrogen) atoms. The van der Waals surface area contributed by atoms with Crippen LogP contribution in [-0.2, 0) is 0 Å². The molecule has 1 unspecified atom stereocenters. The summed E-state index contributed by atoms with van der Waals surface area (Å²) in [4.78, 5) is 19.0. The molecule has 0 N–H and O–H groups in total. The Morgan fingerprint density at radius 2 is 2.21 bits per heavy atom. The molecule has 1 aromatic carbocycles. The van der Waals surface area contributed by atoms with Crippen LogP contribution in [0, 0.1) is 0 Å². The monoisotopic (exact) mass is 277 g/mol. The van der Waals surface area contributed by atoms with Crippen LogP contribution in [0.2, 0.25) is 0 Å². The minimum Gasteiger partial charge on any atom is -0.324 e. The van der Waals surface area contributed by atoms with Crippen LogP contribution in [0.5, 0.6) is 0 Å². The van der Waals surface area contributed by atoms with Crippen molar-refractivity contribution in [3.05, 3.63) is 30.1 Å². The Morgan fingerprint density at radius 3 is 2.95 bits per heavy atom. The maximum atomic E-state index is 12.5. The van der Waals surface area contributed by atoms with Crippen LogP contribution in [0.15, 0.2) is 24.3 Å². The van der Waals surface area contributed by atoms with Crippen molar-refractivity contribution in [2.45, 2.75) is 19.3 Å². The number of aromatic nitrogens is 2. The molecule has 5 heteroatoms. The first-order chi connectivity index (χ1) is 9.26. The van der Waals surface area contributed by atoms with Crippen LogP contribution in [0.4, 0.5) is 4.79 Å². The molecule has 0 aliphatic carbocycles. The van der Waals surface area contributed by atoms with Crippen molar-refractivity contribution < 1.29 is 4.79 Å². The van der Waals surface area contributed by atoms with Gasteiger partial charge in [0.25, 0.3) is 0 Å². The molecule has 0 saturated heterocycles. The molecule has 1 atom stereocenters. The zero-order chi connectivity index (χ0) is 13.4. The number of para-hydroxylation sites is 2. The second kappa shape index (κ2) is 4.85. The predicted molar refractivity (Wildman–Crippen MR) is 75.9 cm³/mol. The van der Waals surface area contributed by atoms with Crippen LogP contribution in [0.25, 0.3) is 11.0 Å². The summed E-state index contributed by atoms with van der Waals surface area (Å²) in [5.74, 6) is 1.67. The first-order valence-electron chi connectivity index (χ1n) is 6.59. The van der Waals surface area contributed by atoms with Crippen molar-refractivity contribution in [3.63, 3.8) is 0 Å². The number of hydrogen-bond donors (Lipinski definition) is 0. The number of carbonyl (C=O) groups is 1. The lowest BCUT2D eigenvalue weighted by molar-refractivity contribution is 0.187. The number of fused-ring (bicyclic) bond motifs is 3. The number of alkyl halides is 1. The molecule has 1 aromatic heterocycles. The summed E-state index contributed by atoms with van der Waals surface area (Å²) in [6, 6.07) is 7.80. The third-order valence-corrected chi connectivity index (χ3v) is 3.91. The molecule has 0 bridgehead atoms. The molecular weight excluding hydrogens is 262 g/mol. The van der Waals surface area contributed by atoms with Gasteiger partial charge in [-0.05, 0) is 25.5 Å². The summed E-state index contributed by atoms with van der Waals surface area (Å²) >= 11 is 5.89. The first-order valence-corrected chi connectivity index (χ1v) is 7.12. The largest absolute Gasteiger partial charge is 0.330 e.